The summed E-state index contributed by atoms with van der Waals surface area (Å²) in [5, 5.41) is 3.80. The maximum Gasteiger partial charge on any atom is 0.257 e. The van der Waals surface area contributed by atoms with E-state index in [1.807, 2.05) is 24.5 Å². The van der Waals surface area contributed by atoms with Gasteiger partial charge in [-0.25, -0.2) is 4.98 Å². The van der Waals surface area contributed by atoms with Crippen molar-refractivity contribution >= 4 is 23.4 Å². The van der Waals surface area contributed by atoms with Crippen LogP contribution in [0, 0.1) is 0 Å². The highest BCUT2D eigenvalue weighted by atomic mass is 32.2. The molecule has 2 aliphatic heterocycles. The summed E-state index contributed by atoms with van der Waals surface area (Å²) in [6.45, 7) is 0.174. The van der Waals surface area contributed by atoms with Crippen molar-refractivity contribution in [3.63, 3.8) is 0 Å². The first-order chi connectivity index (χ1) is 13.2. The van der Waals surface area contributed by atoms with Crippen LogP contribution in [0.4, 0.5) is 5.82 Å². The number of Topliss-reactive ketones (excluding diaryl/α,β-unsaturated/α-hetero) is 1. The number of allylic oxidation sites excluding steroid dienone is 2. The zero-order chi connectivity index (χ0) is 18.5. The lowest BCUT2D eigenvalue weighted by molar-refractivity contribution is -0.116. The summed E-state index contributed by atoms with van der Waals surface area (Å²) in [5.41, 5.74) is 2.60. The van der Waals surface area contributed by atoms with Crippen LogP contribution < -0.4 is 20.3 Å². The number of nitrogens with one attached hydrogen (secondary N) is 2. The SMILES string of the molecule is CSc1nc2c(c(=O)[nH]1)C(c1ccc3c(c1)OCO3)C1=C(CCCC1=O)N2. The fourth-order valence-electron chi connectivity index (χ4n) is 3.96. The van der Waals surface area contributed by atoms with Crippen LogP contribution in [0.15, 0.2) is 39.4 Å². The fraction of sp³-hybridized carbons (Fsp3) is 0.316. The van der Waals surface area contributed by atoms with Gasteiger partial charge in [0.15, 0.2) is 22.4 Å². The van der Waals surface area contributed by atoms with Gasteiger partial charge in [0.25, 0.3) is 5.56 Å². The number of rotatable bonds is 2. The molecular formula is C19H17N3O4S. The van der Waals surface area contributed by atoms with Crippen molar-refractivity contribution in [2.24, 2.45) is 0 Å². The molecule has 0 bridgehead atoms. The van der Waals surface area contributed by atoms with Crippen molar-refractivity contribution in [1.29, 1.82) is 0 Å². The standard InChI is InChI=1S/C19H17N3O4S/c1-27-19-21-17-16(18(24)22-19)14(15-10(20-17)3-2-4-11(15)23)9-5-6-12-13(7-9)26-8-25-12/h5-7,14H,2-4,8H2,1H3,(H2,20,21,22,24). The lowest BCUT2D eigenvalue weighted by Gasteiger charge is -2.32. The molecule has 3 aliphatic rings. The molecule has 0 radical (unpaired) electrons. The number of fused-ring (bicyclic) bond motifs is 2. The lowest BCUT2D eigenvalue weighted by atomic mass is 9.76. The predicted molar refractivity (Wildman–Crippen MR) is 101 cm³/mol. The van der Waals surface area contributed by atoms with Crippen LogP contribution in [0.3, 0.4) is 0 Å². The van der Waals surface area contributed by atoms with Crippen LogP contribution in [0.1, 0.15) is 36.3 Å². The summed E-state index contributed by atoms with van der Waals surface area (Å²) < 4.78 is 10.9. The number of thioether (sulfide) groups is 1. The Hall–Kier alpha value is -2.74. The van der Waals surface area contributed by atoms with E-state index >= 15 is 0 Å². The Labute approximate surface area is 159 Å². The van der Waals surface area contributed by atoms with Gasteiger partial charge in [0.05, 0.1) is 5.56 Å². The second-order valence-corrected chi connectivity index (χ2v) is 7.47. The van der Waals surface area contributed by atoms with Gasteiger partial charge in [0.2, 0.25) is 6.79 Å². The lowest BCUT2D eigenvalue weighted by Crippen LogP contribution is -2.32. The van der Waals surface area contributed by atoms with E-state index in [1.165, 1.54) is 11.8 Å². The monoisotopic (exact) mass is 383 g/mol. The van der Waals surface area contributed by atoms with Crippen molar-refractivity contribution in [3.05, 3.63) is 50.9 Å². The van der Waals surface area contributed by atoms with Gasteiger partial charge in [-0.1, -0.05) is 17.8 Å². The molecular weight excluding hydrogens is 366 g/mol. The summed E-state index contributed by atoms with van der Waals surface area (Å²) in [7, 11) is 0. The summed E-state index contributed by atoms with van der Waals surface area (Å²) in [4.78, 5) is 33.1. The molecule has 27 heavy (non-hydrogen) atoms. The molecule has 8 heteroatoms. The zero-order valence-electron chi connectivity index (χ0n) is 14.6. The number of ether oxygens (including phenoxy) is 2. The molecule has 0 fully saturated rings. The fourth-order valence-corrected chi connectivity index (χ4v) is 4.34. The van der Waals surface area contributed by atoms with E-state index in [4.69, 9.17) is 9.47 Å². The van der Waals surface area contributed by atoms with Crippen molar-refractivity contribution < 1.29 is 14.3 Å². The molecule has 3 heterocycles. The topological polar surface area (TPSA) is 93.3 Å². The van der Waals surface area contributed by atoms with Gasteiger partial charge in [0, 0.05) is 23.6 Å². The summed E-state index contributed by atoms with van der Waals surface area (Å²) >= 11 is 1.37. The quantitative estimate of drug-likeness (QED) is 0.608. The second-order valence-electron chi connectivity index (χ2n) is 6.68. The third-order valence-electron chi connectivity index (χ3n) is 5.16. The van der Waals surface area contributed by atoms with Crippen LogP contribution in [0.2, 0.25) is 0 Å². The number of benzene rings is 1. The van der Waals surface area contributed by atoms with Gasteiger partial charge < -0.3 is 19.8 Å². The molecule has 2 aromatic rings. The van der Waals surface area contributed by atoms with E-state index in [0.717, 1.165) is 24.1 Å². The molecule has 2 N–H and O–H groups in total. The normalized spacial score (nSPS) is 20.2. The number of carbonyl (C=O) groups excluding carboxylic acids is 1. The molecule has 7 nitrogen and oxygen atoms in total. The number of aromatic nitrogens is 2. The van der Waals surface area contributed by atoms with Gasteiger partial charge in [-0.2, -0.15) is 0 Å². The minimum absolute atomic E-state index is 0.0745. The first-order valence-electron chi connectivity index (χ1n) is 8.76. The number of carbonyl (C=O) groups is 1. The number of aromatic amines is 1. The van der Waals surface area contributed by atoms with Crippen molar-refractivity contribution in [3.8, 4) is 11.5 Å². The van der Waals surface area contributed by atoms with Crippen molar-refractivity contribution in [2.75, 3.05) is 18.4 Å². The van der Waals surface area contributed by atoms with E-state index in [0.29, 0.717) is 40.0 Å². The molecule has 1 aliphatic carbocycles. The van der Waals surface area contributed by atoms with Gasteiger partial charge in [-0.15, -0.1) is 0 Å². The molecule has 1 aromatic carbocycles. The van der Waals surface area contributed by atoms with Crippen LogP contribution in [-0.4, -0.2) is 28.8 Å². The van der Waals surface area contributed by atoms with E-state index in [9.17, 15) is 9.59 Å². The van der Waals surface area contributed by atoms with Crippen LogP contribution in [0.5, 0.6) is 11.5 Å². The van der Waals surface area contributed by atoms with Gasteiger partial charge >= 0.3 is 0 Å². The summed E-state index contributed by atoms with van der Waals surface area (Å²) in [6, 6.07) is 5.57. The Bertz CT molecular complexity index is 1060. The number of hydrogen-bond acceptors (Lipinski definition) is 7. The summed E-state index contributed by atoms with van der Waals surface area (Å²) in [6.07, 6.45) is 3.92. The van der Waals surface area contributed by atoms with Crippen LogP contribution in [0.25, 0.3) is 0 Å². The summed E-state index contributed by atoms with van der Waals surface area (Å²) in [5.74, 6) is 1.43. The Kier molecular flexibility index (Phi) is 3.75. The maximum absolute atomic E-state index is 12.9. The zero-order valence-corrected chi connectivity index (χ0v) is 15.4. The molecule has 0 saturated heterocycles. The maximum atomic E-state index is 12.9. The van der Waals surface area contributed by atoms with E-state index in [2.05, 4.69) is 15.3 Å². The second kappa shape index (κ2) is 6.16. The first-order valence-corrected chi connectivity index (χ1v) is 9.99. The predicted octanol–water partition coefficient (Wildman–Crippen LogP) is 2.79. The highest BCUT2D eigenvalue weighted by Gasteiger charge is 2.38. The molecule has 0 amide bonds. The van der Waals surface area contributed by atoms with E-state index in [1.54, 1.807) is 0 Å². The first kappa shape index (κ1) is 16.4. The Morgan fingerprint density at radius 2 is 2.04 bits per heavy atom. The van der Waals surface area contributed by atoms with Gasteiger partial charge in [-0.05, 0) is 36.8 Å². The molecule has 1 unspecified atom stereocenters. The Balaban J connectivity index is 1.75. The van der Waals surface area contributed by atoms with Gasteiger partial charge in [-0.3, -0.25) is 9.59 Å². The number of ketones is 1. The molecule has 0 saturated carbocycles. The van der Waals surface area contributed by atoms with Crippen molar-refractivity contribution in [2.45, 2.75) is 30.3 Å². The van der Waals surface area contributed by atoms with Gasteiger partial charge in [0.1, 0.15) is 5.82 Å². The number of hydrogen-bond donors (Lipinski definition) is 2. The highest BCUT2D eigenvalue weighted by Crippen LogP contribution is 2.45. The number of anilines is 1. The Morgan fingerprint density at radius 1 is 1.19 bits per heavy atom. The van der Waals surface area contributed by atoms with Crippen molar-refractivity contribution in [1.82, 2.24) is 9.97 Å². The van der Waals surface area contributed by atoms with E-state index < -0.39 is 5.92 Å². The average Bonchev–Trinajstić information content (AvgIpc) is 3.14. The molecule has 138 valence electrons. The van der Waals surface area contributed by atoms with Crippen LogP contribution in [-0.2, 0) is 4.79 Å². The third kappa shape index (κ3) is 2.55. The minimum atomic E-state index is -0.467. The smallest absolute Gasteiger partial charge is 0.257 e. The molecule has 5 rings (SSSR count). The van der Waals surface area contributed by atoms with E-state index in [-0.39, 0.29) is 18.1 Å². The molecule has 1 atom stereocenters. The minimum Gasteiger partial charge on any atom is -0.454 e. The highest BCUT2D eigenvalue weighted by molar-refractivity contribution is 7.98. The largest absolute Gasteiger partial charge is 0.454 e. The number of H-pyrrole nitrogens is 1. The third-order valence-corrected chi connectivity index (χ3v) is 5.74. The van der Waals surface area contributed by atoms with Crippen LogP contribution >= 0.6 is 11.8 Å². The number of nitrogens with zero attached hydrogens (tertiary/aromatic N) is 1. The Morgan fingerprint density at radius 3 is 2.89 bits per heavy atom. The molecule has 1 aromatic heterocycles. The average molecular weight is 383 g/mol. The molecule has 0 spiro atoms.